The third-order valence-corrected chi connectivity index (χ3v) is 3.86. The number of methoxy groups -OCH3 is 1. The Morgan fingerprint density at radius 3 is 2.90 bits per heavy atom. The van der Waals surface area contributed by atoms with Crippen molar-refractivity contribution in [1.29, 1.82) is 0 Å². The maximum atomic E-state index is 12.8. The Kier molecular flexibility index (Phi) is 4.85. The minimum atomic E-state index is 0.0123. The van der Waals surface area contributed by atoms with Crippen molar-refractivity contribution in [3.8, 4) is 0 Å². The van der Waals surface area contributed by atoms with Crippen LogP contribution >= 0.6 is 0 Å². The molecule has 1 atom stereocenters. The first-order chi connectivity index (χ1) is 10.1. The highest BCUT2D eigenvalue weighted by Gasteiger charge is 2.22. The molecule has 1 aromatic carbocycles. The molecule has 0 aliphatic rings. The van der Waals surface area contributed by atoms with Gasteiger partial charge >= 0.3 is 0 Å². The standard InChI is InChI=1S/C16H23N3O2/c1-4-11(2)19(7-8-21-3)16(20)14-10-18-15-6-5-12(17)9-13(14)15/h5-6,9-11,18H,4,7-8,17H2,1-3H3. The van der Waals surface area contributed by atoms with E-state index in [0.29, 0.717) is 24.4 Å². The fourth-order valence-corrected chi connectivity index (χ4v) is 2.40. The molecule has 2 rings (SSSR count). The van der Waals surface area contributed by atoms with Gasteiger partial charge < -0.3 is 20.4 Å². The third kappa shape index (κ3) is 3.19. The Morgan fingerprint density at radius 1 is 1.48 bits per heavy atom. The molecule has 0 aliphatic carbocycles. The molecule has 1 aromatic heterocycles. The van der Waals surface area contributed by atoms with E-state index in [1.807, 2.05) is 23.1 Å². The first-order valence-corrected chi connectivity index (χ1v) is 7.25. The molecule has 0 saturated heterocycles. The fraction of sp³-hybridized carbons (Fsp3) is 0.438. The number of aromatic nitrogens is 1. The molecular formula is C16H23N3O2. The van der Waals surface area contributed by atoms with E-state index in [2.05, 4.69) is 18.8 Å². The number of benzene rings is 1. The number of nitrogens with two attached hydrogens (primary N) is 1. The third-order valence-electron chi connectivity index (χ3n) is 3.86. The van der Waals surface area contributed by atoms with E-state index in [-0.39, 0.29) is 11.9 Å². The van der Waals surface area contributed by atoms with Gasteiger partial charge in [0.1, 0.15) is 0 Å². The average molecular weight is 289 g/mol. The molecule has 0 bridgehead atoms. The van der Waals surface area contributed by atoms with Gasteiger partial charge in [-0.1, -0.05) is 6.92 Å². The van der Waals surface area contributed by atoms with Gasteiger partial charge in [0.2, 0.25) is 0 Å². The van der Waals surface area contributed by atoms with Crippen molar-refractivity contribution in [3.63, 3.8) is 0 Å². The number of nitrogens with zero attached hydrogens (tertiary/aromatic N) is 1. The second-order valence-corrected chi connectivity index (χ2v) is 5.26. The zero-order valence-corrected chi connectivity index (χ0v) is 12.8. The molecule has 5 heteroatoms. The van der Waals surface area contributed by atoms with Crippen LogP contribution in [0.4, 0.5) is 5.69 Å². The number of carbonyl (C=O) groups excluding carboxylic acids is 1. The van der Waals surface area contributed by atoms with E-state index >= 15 is 0 Å². The lowest BCUT2D eigenvalue weighted by molar-refractivity contribution is 0.0616. The molecule has 1 heterocycles. The number of aromatic amines is 1. The molecule has 3 N–H and O–H groups in total. The number of hydrogen-bond donors (Lipinski definition) is 2. The van der Waals surface area contributed by atoms with Gasteiger partial charge in [0.25, 0.3) is 5.91 Å². The average Bonchev–Trinajstić information content (AvgIpc) is 2.89. The van der Waals surface area contributed by atoms with E-state index in [9.17, 15) is 4.79 Å². The van der Waals surface area contributed by atoms with Crippen LogP contribution < -0.4 is 5.73 Å². The summed E-state index contributed by atoms with van der Waals surface area (Å²) < 4.78 is 5.12. The highest BCUT2D eigenvalue weighted by atomic mass is 16.5. The highest BCUT2D eigenvalue weighted by Crippen LogP contribution is 2.23. The van der Waals surface area contributed by atoms with Gasteiger partial charge in [-0.3, -0.25) is 4.79 Å². The predicted molar refractivity (Wildman–Crippen MR) is 85.4 cm³/mol. The summed E-state index contributed by atoms with van der Waals surface area (Å²) in [5.41, 5.74) is 8.07. The van der Waals surface area contributed by atoms with Gasteiger partial charge in [-0.05, 0) is 31.5 Å². The number of nitrogens with one attached hydrogen (secondary N) is 1. The van der Waals surface area contributed by atoms with Crippen molar-refractivity contribution >= 4 is 22.5 Å². The van der Waals surface area contributed by atoms with Crippen LogP contribution in [-0.2, 0) is 4.74 Å². The maximum Gasteiger partial charge on any atom is 0.256 e. The number of anilines is 1. The lowest BCUT2D eigenvalue weighted by atomic mass is 10.1. The van der Waals surface area contributed by atoms with Crippen molar-refractivity contribution in [2.75, 3.05) is 26.0 Å². The number of ether oxygens (including phenoxy) is 1. The van der Waals surface area contributed by atoms with Crippen molar-refractivity contribution in [2.24, 2.45) is 0 Å². The van der Waals surface area contributed by atoms with Crippen molar-refractivity contribution in [2.45, 2.75) is 26.3 Å². The summed E-state index contributed by atoms with van der Waals surface area (Å²) in [4.78, 5) is 17.8. The monoisotopic (exact) mass is 289 g/mol. The van der Waals surface area contributed by atoms with Crippen LogP contribution in [0, 0.1) is 0 Å². The Morgan fingerprint density at radius 2 is 2.24 bits per heavy atom. The Labute approximate surface area is 125 Å². The highest BCUT2D eigenvalue weighted by molar-refractivity contribution is 6.07. The van der Waals surface area contributed by atoms with E-state index in [4.69, 9.17) is 10.5 Å². The van der Waals surface area contributed by atoms with Crippen LogP contribution in [0.5, 0.6) is 0 Å². The normalized spacial score (nSPS) is 12.5. The number of fused-ring (bicyclic) bond motifs is 1. The van der Waals surface area contributed by atoms with Crippen LogP contribution in [-0.4, -0.2) is 42.1 Å². The number of nitrogen functional groups attached to an aromatic ring is 1. The number of rotatable bonds is 6. The SMILES string of the molecule is CCC(C)N(CCOC)C(=O)c1c[nH]c2ccc(N)cc12. The summed E-state index contributed by atoms with van der Waals surface area (Å²) in [5, 5.41) is 0.866. The van der Waals surface area contributed by atoms with Crippen molar-refractivity contribution < 1.29 is 9.53 Å². The number of carbonyl (C=O) groups is 1. The Hall–Kier alpha value is -2.01. The molecule has 21 heavy (non-hydrogen) atoms. The Bertz CT molecular complexity index is 621. The first kappa shape index (κ1) is 15.4. The lowest BCUT2D eigenvalue weighted by Gasteiger charge is -2.28. The lowest BCUT2D eigenvalue weighted by Crippen LogP contribution is -2.40. The summed E-state index contributed by atoms with van der Waals surface area (Å²) in [6.07, 6.45) is 2.66. The maximum absolute atomic E-state index is 12.8. The van der Waals surface area contributed by atoms with E-state index < -0.39 is 0 Å². The number of H-pyrrole nitrogens is 1. The van der Waals surface area contributed by atoms with Gasteiger partial charge in [-0.2, -0.15) is 0 Å². The molecule has 1 unspecified atom stereocenters. The van der Waals surface area contributed by atoms with Gasteiger partial charge in [-0.15, -0.1) is 0 Å². The molecule has 114 valence electrons. The van der Waals surface area contributed by atoms with Crippen LogP contribution in [0.2, 0.25) is 0 Å². The van der Waals surface area contributed by atoms with E-state index in [0.717, 1.165) is 17.3 Å². The first-order valence-electron chi connectivity index (χ1n) is 7.25. The van der Waals surface area contributed by atoms with Gasteiger partial charge in [0.15, 0.2) is 0 Å². The molecular weight excluding hydrogens is 266 g/mol. The fourth-order valence-electron chi connectivity index (χ4n) is 2.40. The van der Waals surface area contributed by atoms with Crippen molar-refractivity contribution in [3.05, 3.63) is 30.0 Å². The topological polar surface area (TPSA) is 71.3 Å². The summed E-state index contributed by atoms with van der Waals surface area (Å²) >= 11 is 0. The largest absolute Gasteiger partial charge is 0.399 e. The van der Waals surface area contributed by atoms with Crippen molar-refractivity contribution in [1.82, 2.24) is 9.88 Å². The second-order valence-electron chi connectivity index (χ2n) is 5.26. The minimum absolute atomic E-state index is 0.0123. The Balaban J connectivity index is 2.35. The molecule has 0 aliphatic heterocycles. The van der Waals surface area contributed by atoms with Crippen LogP contribution in [0.25, 0.3) is 10.9 Å². The molecule has 5 nitrogen and oxygen atoms in total. The van der Waals surface area contributed by atoms with Crippen LogP contribution in [0.15, 0.2) is 24.4 Å². The summed E-state index contributed by atoms with van der Waals surface area (Å²) in [5.74, 6) is 0.0123. The number of amides is 1. The van der Waals surface area contributed by atoms with Gasteiger partial charge in [0, 0.05) is 42.5 Å². The predicted octanol–water partition coefficient (Wildman–Crippen LogP) is 2.64. The molecule has 2 aromatic rings. The smallest absolute Gasteiger partial charge is 0.256 e. The second kappa shape index (κ2) is 6.63. The molecule has 0 saturated carbocycles. The van der Waals surface area contributed by atoms with Gasteiger partial charge in [0.05, 0.1) is 12.2 Å². The van der Waals surface area contributed by atoms with E-state index in [1.165, 1.54) is 0 Å². The molecule has 0 spiro atoms. The van der Waals surface area contributed by atoms with Gasteiger partial charge in [-0.25, -0.2) is 0 Å². The molecule has 0 radical (unpaired) electrons. The quantitative estimate of drug-likeness (QED) is 0.803. The molecule has 0 fully saturated rings. The summed E-state index contributed by atoms with van der Waals surface area (Å²) in [6.45, 7) is 5.24. The molecule has 1 amide bonds. The zero-order chi connectivity index (χ0) is 15.4. The number of hydrogen-bond acceptors (Lipinski definition) is 3. The summed E-state index contributed by atoms with van der Waals surface area (Å²) in [6, 6.07) is 5.72. The summed E-state index contributed by atoms with van der Waals surface area (Å²) in [7, 11) is 1.64. The van der Waals surface area contributed by atoms with Crippen LogP contribution in [0.3, 0.4) is 0 Å². The zero-order valence-electron chi connectivity index (χ0n) is 12.8. The minimum Gasteiger partial charge on any atom is -0.399 e. The van der Waals surface area contributed by atoms with E-state index in [1.54, 1.807) is 13.3 Å². The van der Waals surface area contributed by atoms with Crippen LogP contribution in [0.1, 0.15) is 30.6 Å².